The van der Waals surface area contributed by atoms with Gasteiger partial charge >= 0.3 is 0 Å². The summed E-state index contributed by atoms with van der Waals surface area (Å²) >= 11 is 0. The first-order valence-electron chi connectivity index (χ1n) is 9.22. The Morgan fingerprint density at radius 1 is 1.30 bits per heavy atom. The second kappa shape index (κ2) is 7.39. The molecule has 0 spiro atoms. The van der Waals surface area contributed by atoms with Gasteiger partial charge in [-0.05, 0) is 56.2 Å². The molecule has 1 amide bonds. The Kier molecular flexibility index (Phi) is 4.79. The van der Waals surface area contributed by atoms with Gasteiger partial charge < -0.3 is 9.64 Å². The fraction of sp³-hybridized carbons (Fsp3) is 0.333. The lowest BCUT2D eigenvalue weighted by atomic mass is 9.98. The highest BCUT2D eigenvalue weighted by molar-refractivity contribution is 6.04. The standard InChI is InChI=1S/C21H22FN3O2/c1-14-4-9-19-18(11-14)20(24-23-19)21(26)25-10-2-3-15(12-25)13-27-17-7-5-16(22)6-8-17/h4-9,11,15H,2-3,10,12-13H2,1H3,(H,23,24)/t15-/m1/s1. The highest BCUT2D eigenvalue weighted by atomic mass is 19.1. The number of aromatic nitrogens is 2. The van der Waals surface area contributed by atoms with Gasteiger partial charge in [0.1, 0.15) is 11.6 Å². The fourth-order valence-corrected chi connectivity index (χ4v) is 3.57. The minimum absolute atomic E-state index is 0.0432. The number of hydrogen-bond acceptors (Lipinski definition) is 3. The number of carbonyl (C=O) groups is 1. The molecule has 3 aromatic rings. The number of aryl methyl sites for hydroxylation is 1. The predicted molar refractivity (Wildman–Crippen MR) is 101 cm³/mol. The molecule has 1 atom stereocenters. The maximum Gasteiger partial charge on any atom is 0.275 e. The minimum Gasteiger partial charge on any atom is -0.493 e. The van der Waals surface area contributed by atoms with E-state index in [-0.39, 0.29) is 17.6 Å². The number of fused-ring (bicyclic) bond motifs is 1. The Morgan fingerprint density at radius 3 is 2.93 bits per heavy atom. The van der Waals surface area contributed by atoms with Crippen LogP contribution in [0.5, 0.6) is 5.75 Å². The molecule has 2 aromatic carbocycles. The lowest BCUT2D eigenvalue weighted by molar-refractivity contribution is 0.0629. The Balaban J connectivity index is 1.43. The summed E-state index contributed by atoms with van der Waals surface area (Å²) in [6.45, 7) is 3.88. The first-order valence-corrected chi connectivity index (χ1v) is 9.22. The van der Waals surface area contributed by atoms with Crippen molar-refractivity contribution in [3.8, 4) is 5.75 Å². The number of H-pyrrole nitrogens is 1. The number of halogens is 1. The van der Waals surface area contributed by atoms with Crippen molar-refractivity contribution < 1.29 is 13.9 Å². The molecule has 0 aliphatic carbocycles. The van der Waals surface area contributed by atoms with Gasteiger partial charge in [-0.2, -0.15) is 5.10 Å². The van der Waals surface area contributed by atoms with Crippen molar-refractivity contribution in [2.45, 2.75) is 19.8 Å². The molecular weight excluding hydrogens is 345 g/mol. The molecule has 6 heteroatoms. The third-order valence-electron chi connectivity index (χ3n) is 5.03. The average Bonchev–Trinajstić information content (AvgIpc) is 3.10. The van der Waals surface area contributed by atoms with E-state index in [1.54, 1.807) is 12.1 Å². The SMILES string of the molecule is Cc1ccc2[nH]nc(C(=O)N3CCC[C@@H](COc4ccc(F)cc4)C3)c2c1. The summed E-state index contributed by atoms with van der Waals surface area (Å²) in [7, 11) is 0. The normalized spacial score (nSPS) is 17.3. The first kappa shape index (κ1) is 17.5. The number of rotatable bonds is 4. The summed E-state index contributed by atoms with van der Waals surface area (Å²) in [4.78, 5) is 14.9. The van der Waals surface area contributed by atoms with Crippen LogP contribution in [0, 0.1) is 18.7 Å². The molecule has 4 rings (SSSR count). The van der Waals surface area contributed by atoms with Crippen LogP contribution >= 0.6 is 0 Å². The van der Waals surface area contributed by atoms with Crippen LogP contribution in [-0.2, 0) is 0 Å². The van der Waals surface area contributed by atoms with E-state index in [0.717, 1.165) is 35.9 Å². The third kappa shape index (κ3) is 3.79. The molecular formula is C21H22FN3O2. The van der Waals surface area contributed by atoms with Crippen LogP contribution in [0.2, 0.25) is 0 Å². The Hall–Kier alpha value is -2.89. The van der Waals surface area contributed by atoms with E-state index in [2.05, 4.69) is 10.2 Å². The molecule has 27 heavy (non-hydrogen) atoms. The van der Waals surface area contributed by atoms with Crippen molar-refractivity contribution in [1.82, 2.24) is 15.1 Å². The summed E-state index contributed by atoms with van der Waals surface area (Å²) in [6.07, 6.45) is 1.94. The molecule has 1 aromatic heterocycles. The molecule has 1 aliphatic rings. The summed E-state index contributed by atoms with van der Waals surface area (Å²) in [5.41, 5.74) is 2.45. The van der Waals surface area contributed by atoms with Crippen LogP contribution in [0.3, 0.4) is 0 Å². The number of amides is 1. The lowest BCUT2D eigenvalue weighted by Crippen LogP contribution is -2.41. The van der Waals surface area contributed by atoms with Crippen molar-refractivity contribution in [2.75, 3.05) is 19.7 Å². The van der Waals surface area contributed by atoms with Gasteiger partial charge in [-0.1, -0.05) is 11.6 Å². The number of ether oxygens (including phenoxy) is 1. The van der Waals surface area contributed by atoms with Gasteiger partial charge in [0.05, 0.1) is 12.1 Å². The number of aromatic amines is 1. The van der Waals surface area contributed by atoms with Crippen LogP contribution in [-0.4, -0.2) is 40.7 Å². The van der Waals surface area contributed by atoms with Crippen LogP contribution < -0.4 is 4.74 Å². The van der Waals surface area contributed by atoms with E-state index in [1.807, 2.05) is 30.0 Å². The van der Waals surface area contributed by atoms with E-state index in [9.17, 15) is 9.18 Å². The predicted octanol–water partition coefficient (Wildman–Crippen LogP) is 3.94. The number of likely N-dealkylation sites (tertiary alicyclic amines) is 1. The maximum atomic E-state index is 13.0. The van der Waals surface area contributed by atoms with Crippen LogP contribution in [0.1, 0.15) is 28.9 Å². The molecule has 1 N–H and O–H groups in total. The van der Waals surface area contributed by atoms with E-state index in [0.29, 0.717) is 24.6 Å². The van der Waals surface area contributed by atoms with Crippen molar-refractivity contribution in [3.05, 3.63) is 59.5 Å². The molecule has 1 saturated heterocycles. The second-order valence-corrected chi connectivity index (χ2v) is 7.15. The zero-order chi connectivity index (χ0) is 18.8. The summed E-state index contributed by atoms with van der Waals surface area (Å²) in [5.74, 6) is 0.574. The molecule has 0 saturated carbocycles. The smallest absolute Gasteiger partial charge is 0.275 e. The van der Waals surface area contributed by atoms with E-state index < -0.39 is 0 Å². The minimum atomic E-state index is -0.279. The molecule has 140 valence electrons. The number of nitrogens with zero attached hydrogens (tertiary/aromatic N) is 2. The Bertz CT molecular complexity index is 952. The van der Waals surface area contributed by atoms with Crippen molar-refractivity contribution >= 4 is 16.8 Å². The van der Waals surface area contributed by atoms with Crippen molar-refractivity contribution in [3.63, 3.8) is 0 Å². The van der Waals surface area contributed by atoms with Gasteiger partial charge in [-0.25, -0.2) is 4.39 Å². The largest absolute Gasteiger partial charge is 0.493 e. The summed E-state index contributed by atoms with van der Waals surface area (Å²) in [5, 5.41) is 8.07. The summed E-state index contributed by atoms with van der Waals surface area (Å²) < 4.78 is 18.8. The lowest BCUT2D eigenvalue weighted by Gasteiger charge is -2.32. The molecule has 5 nitrogen and oxygen atoms in total. The van der Waals surface area contributed by atoms with E-state index in [1.165, 1.54) is 12.1 Å². The van der Waals surface area contributed by atoms with Gasteiger partial charge in [0.2, 0.25) is 0 Å². The van der Waals surface area contributed by atoms with Crippen LogP contribution in [0.25, 0.3) is 10.9 Å². The number of carbonyl (C=O) groups excluding carboxylic acids is 1. The number of nitrogens with one attached hydrogen (secondary N) is 1. The van der Waals surface area contributed by atoms with Crippen LogP contribution in [0.15, 0.2) is 42.5 Å². The Morgan fingerprint density at radius 2 is 2.11 bits per heavy atom. The molecule has 2 heterocycles. The van der Waals surface area contributed by atoms with Crippen LogP contribution in [0.4, 0.5) is 4.39 Å². The number of hydrogen-bond donors (Lipinski definition) is 1. The van der Waals surface area contributed by atoms with Gasteiger partial charge in [0.25, 0.3) is 5.91 Å². The second-order valence-electron chi connectivity index (χ2n) is 7.15. The van der Waals surface area contributed by atoms with Gasteiger partial charge in [0.15, 0.2) is 5.69 Å². The zero-order valence-electron chi connectivity index (χ0n) is 15.2. The van der Waals surface area contributed by atoms with E-state index >= 15 is 0 Å². The molecule has 0 bridgehead atoms. The highest BCUT2D eigenvalue weighted by Crippen LogP contribution is 2.23. The zero-order valence-corrected chi connectivity index (χ0v) is 15.2. The first-order chi connectivity index (χ1) is 13.1. The Labute approximate surface area is 157 Å². The number of piperidine rings is 1. The summed E-state index contributed by atoms with van der Waals surface area (Å²) in [6, 6.07) is 12.0. The molecule has 0 unspecified atom stereocenters. The van der Waals surface area contributed by atoms with Gasteiger partial charge in [-0.3, -0.25) is 9.89 Å². The van der Waals surface area contributed by atoms with Gasteiger partial charge in [0, 0.05) is 24.4 Å². The molecule has 1 fully saturated rings. The highest BCUT2D eigenvalue weighted by Gasteiger charge is 2.27. The fourth-order valence-electron chi connectivity index (χ4n) is 3.57. The monoisotopic (exact) mass is 367 g/mol. The van der Waals surface area contributed by atoms with E-state index in [4.69, 9.17) is 4.74 Å². The van der Waals surface area contributed by atoms with Gasteiger partial charge in [-0.15, -0.1) is 0 Å². The average molecular weight is 367 g/mol. The topological polar surface area (TPSA) is 58.2 Å². The quantitative estimate of drug-likeness (QED) is 0.760. The van der Waals surface area contributed by atoms with Crippen molar-refractivity contribution in [2.24, 2.45) is 5.92 Å². The number of benzene rings is 2. The molecule has 1 aliphatic heterocycles. The third-order valence-corrected chi connectivity index (χ3v) is 5.03. The van der Waals surface area contributed by atoms with Crippen molar-refractivity contribution in [1.29, 1.82) is 0 Å². The molecule has 0 radical (unpaired) electrons. The maximum absolute atomic E-state index is 13.0.